The van der Waals surface area contributed by atoms with Gasteiger partial charge in [-0.25, -0.2) is 0 Å². The van der Waals surface area contributed by atoms with E-state index in [0.29, 0.717) is 0 Å². The molecule has 1 atom stereocenters. The molecule has 0 saturated heterocycles. The predicted molar refractivity (Wildman–Crippen MR) is 153 cm³/mol. The lowest BCUT2D eigenvalue weighted by Gasteiger charge is -2.20. The van der Waals surface area contributed by atoms with Crippen molar-refractivity contribution in [3.05, 3.63) is 60.2 Å². The van der Waals surface area contributed by atoms with E-state index in [9.17, 15) is 0 Å². The molecule has 1 rings (SSSR count). The number of nitrogens with one attached hydrogen (secondary N) is 1. The van der Waals surface area contributed by atoms with Gasteiger partial charge in [-0.3, -0.25) is 0 Å². The SMILES string of the molecule is C=CC(C)(/C=C/c1ccc(OCCCCNCCCCCCCCCC)cc1)CCC=C(C)C. The van der Waals surface area contributed by atoms with Crippen molar-refractivity contribution in [2.75, 3.05) is 19.7 Å². The first-order valence-corrected chi connectivity index (χ1v) is 13.9. The molecule has 34 heavy (non-hydrogen) atoms. The lowest BCUT2D eigenvalue weighted by molar-refractivity contribution is 0.305. The molecule has 0 fully saturated rings. The Bertz CT molecular complexity index is 683. The largest absolute Gasteiger partial charge is 0.494 e. The van der Waals surface area contributed by atoms with Gasteiger partial charge in [-0.1, -0.05) is 101 Å². The fourth-order valence-corrected chi connectivity index (χ4v) is 3.94. The normalized spacial score (nSPS) is 13.1. The highest BCUT2D eigenvalue weighted by Gasteiger charge is 2.15. The molecular weight excluding hydrogens is 414 g/mol. The van der Waals surface area contributed by atoms with Crippen molar-refractivity contribution >= 4 is 6.08 Å². The predicted octanol–water partition coefficient (Wildman–Crippen LogP) is 9.53. The third-order valence-corrected chi connectivity index (χ3v) is 6.46. The quantitative estimate of drug-likeness (QED) is 0.143. The monoisotopic (exact) mass is 467 g/mol. The number of allylic oxidation sites excluding steroid dienone is 4. The van der Waals surface area contributed by atoms with Crippen LogP contribution in [0.1, 0.15) is 110 Å². The van der Waals surface area contributed by atoms with Crippen LogP contribution in [0, 0.1) is 5.41 Å². The van der Waals surface area contributed by atoms with E-state index in [2.05, 4.69) is 88.2 Å². The van der Waals surface area contributed by atoms with Crippen LogP contribution >= 0.6 is 0 Å². The van der Waals surface area contributed by atoms with E-state index in [4.69, 9.17) is 4.74 Å². The Kier molecular flexibility index (Phi) is 17.3. The molecule has 1 aromatic rings. The number of rotatable bonds is 21. The van der Waals surface area contributed by atoms with Gasteiger partial charge in [0, 0.05) is 5.41 Å². The molecule has 0 aliphatic carbocycles. The van der Waals surface area contributed by atoms with Gasteiger partial charge in [0.1, 0.15) is 5.75 Å². The van der Waals surface area contributed by atoms with E-state index < -0.39 is 0 Å². The summed E-state index contributed by atoms with van der Waals surface area (Å²) >= 11 is 0. The first kappa shape index (κ1) is 30.2. The molecule has 2 heteroatoms. The minimum absolute atomic E-state index is 0.0173. The zero-order chi connectivity index (χ0) is 24.9. The second kappa shape index (κ2) is 19.5. The Labute approximate surface area is 212 Å². The molecule has 0 saturated carbocycles. The van der Waals surface area contributed by atoms with Crippen LogP contribution in [0.2, 0.25) is 0 Å². The van der Waals surface area contributed by atoms with Crippen LogP contribution in [0.4, 0.5) is 0 Å². The van der Waals surface area contributed by atoms with Crippen LogP contribution in [0.5, 0.6) is 5.75 Å². The summed E-state index contributed by atoms with van der Waals surface area (Å²) in [7, 11) is 0. The van der Waals surface area contributed by atoms with Gasteiger partial charge in [-0.2, -0.15) is 0 Å². The van der Waals surface area contributed by atoms with Crippen LogP contribution in [0.25, 0.3) is 6.08 Å². The van der Waals surface area contributed by atoms with E-state index >= 15 is 0 Å². The van der Waals surface area contributed by atoms with Crippen molar-refractivity contribution in [1.29, 1.82) is 0 Å². The van der Waals surface area contributed by atoms with E-state index in [-0.39, 0.29) is 5.41 Å². The maximum Gasteiger partial charge on any atom is 0.119 e. The average Bonchev–Trinajstić information content (AvgIpc) is 2.83. The minimum atomic E-state index is 0.0173. The van der Waals surface area contributed by atoms with E-state index in [1.807, 2.05) is 0 Å². The number of unbranched alkanes of at least 4 members (excludes halogenated alkanes) is 8. The van der Waals surface area contributed by atoms with Crippen molar-refractivity contribution in [1.82, 2.24) is 5.32 Å². The number of hydrogen-bond acceptors (Lipinski definition) is 2. The molecule has 192 valence electrons. The molecule has 0 spiro atoms. The lowest BCUT2D eigenvalue weighted by atomic mass is 9.84. The maximum atomic E-state index is 5.93. The van der Waals surface area contributed by atoms with Crippen molar-refractivity contribution in [3.8, 4) is 5.75 Å². The van der Waals surface area contributed by atoms with Gasteiger partial charge in [-0.15, -0.1) is 6.58 Å². The molecule has 1 N–H and O–H groups in total. The molecule has 0 aromatic heterocycles. The summed E-state index contributed by atoms with van der Waals surface area (Å²) in [6.07, 6.45) is 24.3. The molecule has 0 heterocycles. The Morgan fingerprint density at radius 1 is 0.912 bits per heavy atom. The minimum Gasteiger partial charge on any atom is -0.494 e. The van der Waals surface area contributed by atoms with Gasteiger partial charge in [0.25, 0.3) is 0 Å². The molecule has 2 nitrogen and oxygen atoms in total. The zero-order valence-corrected chi connectivity index (χ0v) is 22.8. The van der Waals surface area contributed by atoms with Crippen LogP contribution in [-0.4, -0.2) is 19.7 Å². The Balaban J connectivity index is 2.13. The summed E-state index contributed by atoms with van der Waals surface area (Å²) in [5.41, 5.74) is 2.59. The van der Waals surface area contributed by atoms with Gasteiger partial charge in [0.05, 0.1) is 6.61 Å². The summed E-state index contributed by atoms with van der Waals surface area (Å²) < 4.78 is 5.93. The van der Waals surface area contributed by atoms with Crippen molar-refractivity contribution < 1.29 is 4.74 Å². The molecule has 0 aliphatic heterocycles. The van der Waals surface area contributed by atoms with Crippen LogP contribution in [0.15, 0.2) is 54.6 Å². The van der Waals surface area contributed by atoms with Gasteiger partial charge < -0.3 is 10.1 Å². The fourth-order valence-electron chi connectivity index (χ4n) is 3.94. The van der Waals surface area contributed by atoms with Crippen molar-refractivity contribution in [2.24, 2.45) is 5.41 Å². The Hall–Kier alpha value is -1.80. The average molecular weight is 468 g/mol. The van der Waals surface area contributed by atoms with E-state index in [1.165, 1.54) is 68.9 Å². The lowest BCUT2D eigenvalue weighted by Crippen LogP contribution is -2.17. The fraction of sp³-hybridized carbons (Fsp3) is 0.625. The molecule has 1 unspecified atom stereocenters. The maximum absolute atomic E-state index is 5.93. The smallest absolute Gasteiger partial charge is 0.119 e. The highest BCUT2D eigenvalue weighted by atomic mass is 16.5. The van der Waals surface area contributed by atoms with Crippen molar-refractivity contribution in [2.45, 2.75) is 105 Å². The third kappa shape index (κ3) is 15.9. The molecule has 0 bridgehead atoms. The second-order valence-electron chi connectivity index (χ2n) is 10.2. The van der Waals surface area contributed by atoms with E-state index in [0.717, 1.165) is 44.7 Å². The summed E-state index contributed by atoms with van der Waals surface area (Å²) in [4.78, 5) is 0. The Morgan fingerprint density at radius 2 is 1.53 bits per heavy atom. The summed E-state index contributed by atoms with van der Waals surface area (Å²) in [6, 6.07) is 8.43. The number of benzene rings is 1. The van der Waals surface area contributed by atoms with Crippen LogP contribution in [-0.2, 0) is 0 Å². The molecule has 1 aromatic carbocycles. The first-order chi connectivity index (χ1) is 16.5. The highest BCUT2D eigenvalue weighted by Crippen LogP contribution is 2.28. The third-order valence-electron chi connectivity index (χ3n) is 6.46. The molecule has 0 aliphatic rings. The van der Waals surface area contributed by atoms with Crippen molar-refractivity contribution in [3.63, 3.8) is 0 Å². The second-order valence-corrected chi connectivity index (χ2v) is 10.2. The van der Waals surface area contributed by atoms with Gasteiger partial charge >= 0.3 is 0 Å². The Morgan fingerprint density at radius 3 is 2.15 bits per heavy atom. The summed E-state index contributed by atoms with van der Waals surface area (Å²) in [5.74, 6) is 0.957. The molecular formula is C32H53NO. The van der Waals surface area contributed by atoms with E-state index in [1.54, 1.807) is 0 Å². The van der Waals surface area contributed by atoms with Crippen LogP contribution < -0.4 is 10.1 Å². The standard InChI is InChI=1S/C32H53NO/c1-6-8-9-10-11-12-13-14-26-33-27-15-16-28-34-31-21-19-30(20-22-31)23-25-32(5,7-2)24-17-18-29(3)4/h7,18-23,25,33H,2,6,8-17,24,26-28H2,1,3-5H3/b25-23+. The zero-order valence-electron chi connectivity index (χ0n) is 22.8. The first-order valence-electron chi connectivity index (χ1n) is 13.9. The van der Waals surface area contributed by atoms with Gasteiger partial charge in [-0.05, 0) is 76.7 Å². The summed E-state index contributed by atoms with van der Waals surface area (Å²) in [6.45, 7) is 15.9. The summed E-state index contributed by atoms with van der Waals surface area (Å²) in [5, 5.41) is 3.58. The highest BCUT2D eigenvalue weighted by molar-refractivity contribution is 5.52. The molecule has 0 radical (unpaired) electrons. The number of hydrogen-bond donors (Lipinski definition) is 1. The number of ether oxygens (including phenoxy) is 1. The molecule has 0 amide bonds. The van der Waals surface area contributed by atoms with Gasteiger partial charge in [0.15, 0.2) is 0 Å². The van der Waals surface area contributed by atoms with Gasteiger partial charge in [0.2, 0.25) is 0 Å². The topological polar surface area (TPSA) is 21.3 Å². The van der Waals surface area contributed by atoms with Crippen LogP contribution in [0.3, 0.4) is 0 Å².